The second kappa shape index (κ2) is 4.00. The summed E-state index contributed by atoms with van der Waals surface area (Å²) in [6.45, 7) is 6.22. The van der Waals surface area contributed by atoms with Gasteiger partial charge in [0.25, 0.3) is 0 Å². The fourth-order valence-electron chi connectivity index (χ4n) is 1.96. The van der Waals surface area contributed by atoms with Crippen LogP contribution < -0.4 is 5.32 Å². The molecule has 0 unspecified atom stereocenters. The van der Waals surface area contributed by atoms with Crippen molar-refractivity contribution in [2.45, 2.75) is 20.8 Å². The van der Waals surface area contributed by atoms with Gasteiger partial charge in [-0.3, -0.25) is 4.57 Å². The van der Waals surface area contributed by atoms with Crippen LogP contribution in [0.1, 0.15) is 16.8 Å². The Kier molecular flexibility index (Phi) is 2.69. The summed E-state index contributed by atoms with van der Waals surface area (Å²) in [5, 5.41) is 3.11. The topological polar surface area (TPSA) is 29.9 Å². The van der Waals surface area contributed by atoms with E-state index in [1.165, 1.54) is 11.1 Å². The summed E-state index contributed by atoms with van der Waals surface area (Å²) in [5.74, 6) is 0.877. The first kappa shape index (κ1) is 10.7. The highest BCUT2D eigenvalue weighted by Gasteiger charge is 2.06. The molecule has 0 saturated heterocycles. The van der Waals surface area contributed by atoms with Crippen LogP contribution in [0, 0.1) is 20.8 Å². The third-order valence-electron chi connectivity index (χ3n) is 2.53. The fraction of sp³-hybridized carbons (Fsp3) is 0.308. The molecule has 0 fully saturated rings. The van der Waals surface area contributed by atoms with Crippen molar-refractivity contribution >= 4 is 5.95 Å². The quantitative estimate of drug-likeness (QED) is 0.834. The van der Waals surface area contributed by atoms with E-state index in [-0.39, 0.29) is 0 Å². The van der Waals surface area contributed by atoms with Gasteiger partial charge < -0.3 is 5.32 Å². The maximum atomic E-state index is 4.42. The molecule has 0 aliphatic carbocycles. The summed E-state index contributed by atoms with van der Waals surface area (Å²) >= 11 is 0. The second-order valence-corrected chi connectivity index (χ2v) is 4.17. The number of anilines is 1. The Morgan fingerprint density at radius 3 is 2.25 bits per heavy atom. The van der Waals surface area contributed by atoms with Crippen molar-refractivity contribution in [2.75, 3.05) is 12.4 Å². The Morgan fingerprint density at radius 2 is 1.69 bits per heavy atom. The van der Waals surface area contributed by atoms with E-state index in [1.54, 1.807) is 0 Å². The molecule has 0 atom stereocenters. The number of aromatic nitrogens is 2. The van der Waals surface area contributed by atoms with E-state index in [4.69, 9.17) is 0 Å². The molecule has 0 radical (unpaired) electrons. The number of benzene rings is 1. The number of rotatable bonds is 2. The van der Waals surface area contributed by atoms with Crippen molar-refractivity contribution in [3.8, 4) is 5.69 Å². The molecule has 0 spiro atoms. The molecule has 16 heavy (non-hydrogen) atoms. The first-order chi connectivity index (χ1) is 7.60. The van der Waals surface area contributed by atoms with Crippen molar-refractivity contribution in [1.82, 2.24) is 9.55 Å². The summed E-state index contributed by atoms with van der Waals surface area (Å²) in [5.41, 5.74) is 4.71. The van der Waals surface area contributed by atoms with Crippen molar-refractivity contribution in [3.63, 3.8) is 0 Å². The molecule has 0 amide bonds. The fourth-order valence-corrected chi connectivity index (χ4v) is 1.96. The largest absolute Gasteiger partial charge is 0.358 e. The average Bonchev–Trinajstić information content (AvgIpc) is 2.58. The molecule has 1 aromatic heterocycles. The van der Waals surface area contributed by atoms with Crippen LogP contribution in [0.2, 0.25) is 0 Å². The van der Waals surface area contributed by atoms with E-state index < -0.39 is 0 Å². The lowest BCUT2D eigenvalue weighted by molar-refractivity contribution is 1.05. The van der Waals surface area contributed by atoms with Crippen LogP contribution in [0.5, 0.6) is 0 Å². The predicted molar refractivity (Wildman–Crippen MR) is 67.3 cm³/mol. The first-order valence-corrected chi connectivity index (χ1v) is 5.42. The van der Waals surface area contributed by atoms with Crippen molar-refractivity contribution < 1.29 is 0 Å². The average molecular weight is 215 g/mol. The summed E-state index contributed by atoms with van der Waals surface area (Å²) in [7, 11) is 1.89. The molecule has 3 heteroatoms. The summed E-state index contributed by atoms with van der Waals surface area (Å²) in [4.78, 5) is 4.42. The van der Waals surface area contributed by atoms with Crippen LogP contribution in [0.3, 0.4) is 0 Å². The summed E-state index contributed by atoms with van der Waals surface area (Å²) in [6.07, 6.45) is 2.04. The second-order valence-electron chi connectivity index (χ2n) is 4.17. The molecule has 2 rings (SSSR count). The van der Waals surface area contributed by atoms with Crippen LogP contribution in [0.15, 0.2) is 24.4 Å². The van der Waals surface area contributed by atoms with Gasteiger partial charge in [0.1, 0.15) is 0 Å². The number of nitrogens with zero attached hydrogens (tertiary/aromatic N) is 2. The zero-order valence-corrected chi connectivity index (χ0v) is 10.2. The lowest BCUT2D eigenvalue weighted by atomic mass is 10.1. The van der Waals surface area contributed by atoms with E-state index in [9.17, 15) is 0 Å². The molecule has 0 bridgehead atoms. The van der Waals surface area contributed by atoms with Crippen LogP contribution in [-0.2, 0) is 0 Å². The molecule has 1 N–H and O–H groups in total. The minimum Gasteiger partial charge on any atom is -0.358 e. The number of aryl methyl sites for hydroxylation is 3. The monoisotopic (exact) mass is 215 g/mol. The van der Waals surface area contributed by atoms with Gasteiger partial charge >= 0.3 is 0 Å². The van der Waals surface area contributed by atoms with E-state index in [1.807, 2.05) is 20.2 Å². The molecule has 1 aromatic carbocycles. The van der Waals surface area contributed by atoms with Gasteiger partial charge in [0.2, 0.25) is 5.95 Å². The van der Waals surface area contributed by atoms with Crippen LogP contribution in [0.4, 0.5) is 5.95 Å². The van der Waals surface area contributed by atoms with Gasteiger partial charge in [-0.2, -0.15) is 0 Å². The summed E-state index contributed by atoms with van der Waals surface area (Å²) < 4.78 is 2.08. The number of hydrogen-bond acceptors (Lipinski definition) is 2. The van der Waals surface area contributed by atoms with Crippen molar-refractivity contribution in [3.05, 3.63) is 41.2 Å². The molecule has 84 valence electrons. The first-order valence-electron chi connectivity index (χ1n) is 5.42. The van der Waals surface area contributed by atoms with E-state index in [0.717, 1.165) is 17.3 Å². The molecule has 0 aliphatic heterocycles. The Bertz CT molecular complexity index is 492. The molecular weight excluding hydrogens is 198 g/mol. The highest BCUT2D eigenvalue weighted by molar-refractivity contribution is 5.46. The smallest absolute Gasteiger partial charge is 0.207 e. The third kappa shape index (κ3) is 1.94. The normalized spacial score (nSPS) is 10.5. The molecule has 3 nitrogen and oxygen atoms in total. The van der Waals surface area contributed by atoms with Crippen LogP contribution >= 0.6 is 0 Å². The zero-order chi connectivity index (χ0) is 11.7. The predicted octanol–water partition coefficient (Wildman–Crippen LogP) is 2.84. The summed E-state index contributed by atoms with van der Waals surface area (Å²) in [6, 6.07) is 6.50. The Hall–Kier alpha value is -1.77. The lowest BCUT2D eigenvalue weighted by Crippen LogP contribution is -2.01. The highest BCUT2D eigenvalue weighted by atomic mass is 15.2. The van der Waals surface area contributed by atoms with Crippen LogP contribution in [0.25, 0.3) is 5.69 Å². The van der Waals surface area contributed by atoms with Gasteiger partial charge in [0.05, 0.1) is 5.69 Å². The van der Waals surface area contributed by atoms with Gasteiger partial charge in [-0.15, -0.1) is 0 Å². The Morgan fingerprint density at radius 1 is 1.06 bits per heavy atom. The zero-order valence-electron chi connectivity index (χ0n) is 10.2. The van der Waals surface area contributed by atoms with Gasteiger partial charge in [-0.05, 0) is 44.0 Å². The maximum absolute atomic E-state index is 4.42. The third-order valence-corrected chi connectivity index (χ3v) is 2.53. The molecular formula is C13H17N3. The van der Waals surface area contributed by atoms with Crippen molar-refractivity contribution in [1.29, 1.82) is 0 Å². The standard InChI is InChI=1S/C13H17N3/c1-9-5-10(2)7-12(6-9)16-8-11(3)15-13(16)14-4/h5-8H,1-4H3,(H,14,15). The SMILES string of the molecule is CNc1nc(C)cn1-c1cc(C)cc(C)c1. The Balaban J connectivity index is 2.57. The van der Waals surface area contributed by atoms with Crippen LogP contribution in [-0.4, -0.2) is 16.6 Å². The van der Waals surface area contributed by atoms with Crippen molar-refractivity contribution in [2.24, 2.45) is 0 Å². The van der Waals surface area contributed by atoms with Gasteiger partial charge in [-0.1, -0.05) is 6.07 Å². The molecule has 0 aliphatic rings. The van der Waals surface area contributed by atoms with E-state index in [2.05, 4.69) is 46.9 Å². The molecule has 1 heterocycles. The maximum Gasteiger partial charge on any atom is 0.207 e. The number of nitrogens with one attached hydrogen (secondary N) is 1. The van der Waals surface area contributed by atoms with E-state index >= 15 is 0 Å². The lowest BCUT2D eigenvalue weighted by Gasteiger charge is -2.09. The minimum absolute atomic E-state index is 0.877. The molecule has 2 aromatic rings. The van der Waals surface area contributed by atoms with Gasteiger partial charge in [0.15, 0.2) is 0 Å². The minimum atomic E-state index is 0.877. The van der Waals surface area contributed by atoms with Gasteiger partial charge in [0, 0.05) is 18.9 Å². The van der Waals surface area contributed by atoms with Gasteiger partial charge in [-0.25, -0.2) is 4.98 Å². The van der Waals surface area contributed by atoms with E-state index in [0.29, 0.717) is 0 Å². The molecule has 0 saturated carbocycles. The highest BCUT2D eigenvalue weighted by Crippen LogP contribution is 2.18. The Labute approximate surface area is 96.1 Å². The number of hydrogen-bond donors (Lipinski definition) is 1. The number of imidazole rings is 1.